The van der Waals surface area contributed by atoms with Gasteiger partial charge in [-0.3, -0.25) is 9.78 Å². The normalized spacial score (nSPS) is 10.2. The topological polar surface area (TPSA) is 68.0 Å². The van der Waals surface area contributed by atoms with Gasteiger partial charge in [0.1, 0.15) is 11.3 Å². The van der Waals surface area contributed by atoms with Crippen LogP contribution in [0.1, 0.15) is 27.4 Å². The van der Waals surface area contributed by atoms with Crippen LogP contribution in [0.3, 0.4) is 0 Å². The zero-order valence-corrected chi connectivity index (χ0v) is 9.73. The van der Waals surface area contributed by atoms with Crippen LogP contribution in [0, 0.1) is 13.8 Å². The van der Waals surface area contributed by atoms with Gasteiger partial charge in [0.05, 0.1) is 5.69 Å². The first kappa shape index (κ1) is 11.3. The Morgan fingerprint density at radius 3 is 2.88 bits per heavy atom. The van der Waals surface area contributed by atoms with Gasteiger partial charge in [-0.2, -0.15) is 0 Å². The first-order valence-corrected chi connectivity index (χ1v) is 5.28. The molecule has 0 radical (unpaired) electrons. The first-order valence-electron chi connectivity index (χ1n) is 5.28. The first-order chi connectivity index (χ1) is 8.18. The molecule has 0 aliphatic rings. The van der Waals surface area contributed by atoms with Crippen molar-refractivity contribution in [3.05, 3.63) is 47.1 Å². The molecule has 0 aliphatic heterocycles. The van der Waals surface area contributed by atoms with Crippen LogP contribution in [0.2, 0.25) is 0 Å². The van der Waals surface area contributed by atoms with Gasteiger partial charge in [0.2, 0.25) is 0 Å². The van der Waals surface area contributed by atoms with Crippen LogP contribution >= 0.6 is 0 Å². The monoisotopic (exact) mass is 231 g/mol. The van der Waals surface area contributed by atoms with Crippen molar-refractivity contribution in [1.82, 2.24) is 15.5 Å². The second kappa shape index (κ2) is 4.78. The minimum atomic E-state index is -0.176. The maximum Gasteiger partial charge on any atom is 0.257 e. The highest BCUT2D eigenvalue weighted by atomic mass is 16.5. The number of nitrogens with one attached hydrogen (secondary N) is 1. The Labute approximate surface area is 98.8 Å². The van der Waals surface area contributed by atoms with Crippen LogP contribution in [0.5, 0.6) is 0 Å². The lowest BCUT2D eigenvalue weighted by Gasteiger charge is -2.04. The molecule has 0 bridgehead atoms. The van der Waals surface area contributed by atoms with Gasteiger partial charge in [-0.05, 0) is 25.5 Å². The van der Waals surface area contributed by atoms with E-state index >= 15 is 0 Å². The summed E-state index contributed by atoms with van der Waals surface area (Å²) in [6.07, 6.45) is 3.41. The smallest absolute Gasteiger partial charge is 0.257 e. The van der Waals surface area contributed by atoms with Crippen LogP contribution in [-0.2, 0) is 6.54 Å². The van der Waals surface area contributed by atoms with Crippen molar-refractivity contribution >= 4 is 5.91 Å². The van der Waals surface area contributed by atoms with Gasteiger partial charge in [-0.25, -0.2) is 0 Å². The fourth-order valence-electron chi connectivity index (χ4n) is 1.58. The Morgan fingerprint density at radius 1 is 1.47 bits per heavy atom. The van der Waals surface area contributed by atoms with Crippen LogP contribution < -0.4 is 5.32 Å². The molecule has 0 unspecified atom stereocenters. The minimum absolute atomic E-state index is 0.176. The largest absolute Gasteiger partial charge is 0.361 e. The molecule has 17 heavy (non-hydrogen) atoms. The predicted molar refractivity (Wildman–Crippen MR) is 61.4 cm³/mol. The third kappa shape index (κ3) is 2.50. The number of amides is 1. The fourth-order valence-corrected chi connectivity index (χ4v) is 1.58. The molecule has 2 rings (SSSR count). The number of nitrogens with zero attached hydrogens (tertiary/aromatic N) is 2. The molecule has 88 valence electrons. The van der Waals surface area contributed by atoms with E-state index in [2.05, 4.69) is 15.5 Å². The van der Waals surface area contributed by atoms with Crippen molar-refractivity contribution in [2.24, 2.45) is 0 Å². The molecule has 0 atom stereocenters. The molecule has 2 aromatic heterocycles. The maximum atomic E-state index is 11.9. The maximum absolute atomic E-state index is 11.9. The van der Waals surface area contributed by atoms with Crippen molar-refractivity contribution in [3.63, 3.8) is 0 Å². The summed E-state index contributed by atoms with van der Waals surface area (Å²) in [4.78, 5) is 15.9. The molecule has 0 spiro atoms. The Hall–Kier alpha value is -2.17. The summed E-state index contributed by atoms with van der Waals surface area (Å²) in [7, 11) is 0. The van der Waals surface area contributed by atoms with Crippen molar-refractivity contribution in [2.45, 2.75) is 20.4 Å². The lowest BCUT2D eigenvalue weighted by Crippen LogP contribution is -2.23. The Bertz CT molecular complexity index is 500. The molecule has 2 aromatic rings. The van der Waals surface area contributed by atoms with Gasteiger partial charge < -0.3 is 9.84 Å². The molecule has 0 aliphatic carbocycles. The summed E-state index contributed by atoms with van der Waals surface area (Å²) >= 11 is 0. The summed E-state index contributed by atoms with van der Waals surface area (Å²) in [6, 6.07) is 3.73. The van der Waals surface area contributed by atoms with E-state index < -0.39 is 0 Å². The number of hydrogen-bond acceptors (Lipinski definition) is 4. The van der Waals surface area contributed by atoms with Crippen LogP contribution in [0.4, 0.5) is 0 Å². The summed E-state index contributed by atoms with van der Waals surface area (Å²) in [6.45, 7) is 3.91. The second-order valence-electron chi connectivity index (χ2n) is 3.74. The van der Waals surface area contributed by atoms with Crippen molar-refractivity contribution in [2.75, 3.05) is 0 Å². The second-order valence-corrected chi connectivity index (χ2v) is 3.74. The molecule has 1 N–H and O–H groups in total. The van der Waals surface area contributed by atoms with Crippen LogP contribution in [0.15, 0.2) is 29.0 Å². The van der Waals surface area contributed by atoms with Crippen molar-refractivity contribution in [1.29, 1.82) is 0 Å². The van der Waals surface area contributed by atoms with E-state index in [0.29, 0.717) is 23.6 Å². The summed E-state index contributed by atoms with van der Waals surface area (Å²) < 4.78 is 4.95. The van der Waals surface area contributed by atoms with Gasteiger partial charge in [-0.15, -0.1) is 0 Å². The van der Waals surface area contributed by atoms with E-state index in [1.54, 1.807) is 26.2 Å². The zero-order valence-electron chi connectivity index (χ0n) is 9.73. The number of rotatable bonds is 3. The van der Waals surface area contributed by atoms with Gasteiger partial charge >= 0.3 is 0 Å². The van der Waals surface area contributed by atoms with Crippen LogP contribution in [0.25, 0.3) is 0 Å². The molecular weight excluding hydrogens is 218 g/mol. The summed E-state index contributed by atoms with van der Waals surface area (Å²) in [5.41, 5.74) is 2.06. The van der Waals surface area contributed by atoms with Gasteiger partial charge in [0.25, 0.3) is 5.91 Å². The lowest BCUT2D eigenvalue weighted by molar-refractivity contribution is 0.0949. The number of hydrogen-bond donors (Lipinski definition) is 1. The number of carbonyl (C=O) groups is 1. The molecule has 0 aromatic carbocycles. The molecule has 1 amide bonds. The zero-order chi connectivity index (χ0) is 12.3. The molecule has 0 saturated carbocycles. The highest BCUT2D eigenvalue weighted by molar-refractivity contribution is 5.95. The SMILES string of the molecule is Cc1noc(C)c1C(=O)NCc1cccnc1. The van der Waals surface area contributed by atoms with Crippen molar-refractivity contribution in [3.8, 4) is 0 Å². The molecule has 2 heterocycles. The van der Waals surface area contributed by atoms with E-state index in [-0.39, 0.29) is 5.91 Å². The average molecular weight is 231 g/mol. The number of carbonyl (C=O) groups excluding carboxylic acids is 1. The van der Waals surface area contributed by atoms with Gasteiger partial charge in [0.15, 0.2) is 0 Å². The number of pyridine rings is 1. The molecule has 5 nitrogen and oxygen atoms in total. The van der Waals surface area contributed by atoms with Gasteiger partial charge in [0, 0.05) is 18.9 Å². The summed E-state index contributed by atoms with van der Waals surface area (Å²) in [5.74, 6) is 0.358. The van der Waals surface area contributed by atoms with E-state index in [1.807, 2.05) is 12.1 Å². The number of aromatic nitrogens is 2. The Morgan fingerprint density at radius 2 is 2.29 bits per heavy atom. The van der Waals surface area contributed by atoms with E-state index in [1.165, 1.54) is 0 Å². The highest BCUT2D eigenvalue weighted by Crippen LogP contribution is 2.11. The Balaban J connectivity index is 2.04. The van der Waals surface area contributed by atoms with Crippen LogP contribution in [-0.4, -0.2) is 16.0 Å². The quantitative estimate of drug-likeness (QED) is 0.871. The standard InChI is InChI=1S/C12H13N3O2/c1-8-11(9(2)17-15-8)12(16)14-7-10-4-3-5-13-6-10/h3-6H,7H2,1-2H3,(H,14,16). The Kier molecular flexibility index (Phi) is 3.18. The molecule has 5 heteroatoms. The van der Waals surface area contributed by atoms with Gasteiger partial charge in [-0.1, -0.05) is 11.2 Å². The molecule has 0 saturated heterocycles. The van der Waals surface area contributed by atoms with E-state index in [4.69, 9.17) is 4.52 Å². The fraction of sp³-hybridized carbons (Fsp3) is 0.250. The summed E-state index contributed by atoms with van der Waals surface area (Å²) in [5, 5.41) is 6.55. The molecule has 0 fully saturated rings. The van der Waals surface area contributed by atoms with E-state index in [9.17, 15) is 4.79 Å². The molecular formula is C12H13N3O2. The lowest BCUT2D eigenvalue weighted by atomic mass is 10.2. The third-order valence-electron chi connectivity index (χ3n) is 2.44. The highest BCUT2D eigenvalue weighted by Gasteiger charge is 2.16. The predicted octanol–water partition coefficient (Wildman–Crippen LogP) is 1.62. The minimum Gasteiger partial charge on any atom is -0.361 e. The van der Waals surface area contributed by atoms with E-state index in [0.717, 1.165) is 5.56 Å². The average Bonchev–Trinajstić information content (AvgIpc) is 2.67. The number of aryl methyl sites for hydroxylation is 2. The van der Waals surface area contributed by atoms with Crippen molar-refractivity contribution < 1.29 is 9.32 Å². The third-order valence-corrected chi connectivity index (χ3v) is 2.44.